The highest BCUT2D eigenvalue weighted by Crippen LogP contribution is 2.08. The molecular weight excluding hydrogens is 184 g/mol. The lowest BCUT2D eigenvalue weighted by Gasteiger charge is -2.05. The van der Waals surface area contributed by atoms with E-state index in [0.717, 1.165) is 18.1 Å². The number of aromatic nitrogens is 2. The Hall–Kier alpha value is -1.57. The zero-order valence-corrected chi connectivity index (χ0v) is 9.49. The number of aryl methyl sites for hydroxylation is 3. The maximum Gasteiger partial charge on any atom is 0.106 e. The van der Waals surface area contributed by atoms with Crippen molar-refractivity contribution in [2.45, 2.75) is 27.3 Å². The zero-order valence-electron chi connectivity index (χ0n) is 9.49. The van der Waals surface area contributed by atoms with Gasteiger partial charge in [0.2, 0.25) is 0 Å². The molecule has 0 fully saturated rings. The van der Waals surface area contributed by atoms with Gasteiger partial charge in [-0.25, -0.2) is 4.98 Å². The van der Waals surface area contributed by atoms with Crippen LogP contribution < -0.4 is 0 Å². The average molecular weight is 200 g/mol. The molecule has 78 valence electrons. The minimum atomic E-state index is 0.910. The number of rotatable bonds is 2. The maximum absolute atomic E-state index is 4.39. The van der Waals surface area contributed by atoms with Crippen LogP contribution in [0.3, 0.4) is 0 Å². The Morgan fingerprint density at radius 3 is 2.27 bits per heavy atom. The van der Waals surface area contributed by atoms with Crippen LogP contribution in [0.5, 0.6) is 0 Å². The molecule has 2 aromatic rings. The first-order valence-electron chi connectivity index (χ1n) is 5.21. The minimum absolute atomic E-state index is 0.910. The molecule has 0 atom stereocenters. The van der Waals surface area contributed by atoms with E-state index in [-0.39, 0.29) is 0 Å². The molecule has 1 aromatic carbocycles. The van der Waals surface area contributed by atoms with Crippen molar-refractivity contribution in [2.24, 2.45) is 0 Å². The summed E-state index contributed by atoms with van der Waals surface area (Å²) in [7, 11) is 0. The smallest absolute Gasteiger partial charge is 0.106 e. The molecule has 0 bridgehead atoms. The van der Waals surface area contributed by atoms with E-state index in [1.165, 1.54) is 11.1 Å². The molecule has 1 aromatic heterocycles. The van der Waals surface area contributed by atoms with E-state index in [4.69, 9.17) is 0 Å². The summed E-state index contributed by atoms with van der Waals surface area (Å²) in [6.45, 7) is 7.09. The van der Waals surface area contributed by atoms with Gasteiger partial charge in [0, 0.05) is 12.7 Å². The Kier molecular flexibility index (Phi) is 2.58. The SMILES string of the molecule is Cc1ccc(Cn2cc(C)nc2C)cc1. The maximum atomic E-state index is 4.39. The van der Waals surface area contributed by atoms with Crippen LogP contribution in [0, 0.1) is 20.8 Å². The van der Waals surface area contributed by atoms with Gasteiger partial charge in [-0.2, -0.15) is 0 Å². The molecule has 0 aliphatic carbocycles. The van der Waals surface area contributed by atoms with Gasteiger partial charge in [-0.3, -0.25) is 0 Å². The molecule has 2 heteroatoms. The highest BCUT2D eigenvalue weighted by atomic mass is 15.1. The van der Waals surface area contributed by atoms with Crippen LogP contribution in [0.25, 0.3) is 0 Å². The summed E-state index contributed by atoms with van der Waals surface area (Å²) in [4.78, 5) is 4.39. The molecular formula is C13H16N2. The molecule has 0 unspecified atom stereocenters. The summed E-state index contributed by atoms with van der Waals surface area (Å²) in [6.07, 6.45) is 2.09. The molecule has 2 nitrogen and oxygen atoms in total. The molecule has 0 aliphatic rings. The monoisotopic (exact) mass is 200 g/mol. The first kappa shape index (κ1) is 9.97. The minimum Gasteiger partial charge on any atom is -0.330 e. The summed E-state index contributed by atoms with van der Waals surface area (Å²) in [5, 5.41) is 0. The van der Waals surface area contributed by atoms with Crippen molar-refractivity contribution in [1.29, 1.82) is 0 Å². The van der Waals surface area contributed by atoms with E-state index in [9.17, 15) is 0 Å². The summed E-state index contributed by atoms with van der Waals surface area (Å²) < 4.78 is 2.18. The predicted molar refractivity (Wildman–Crippen MR) is 62.0 cm³/mol. The summed E-state index contributed by atoms with van der Waals surface area (Å²) in [5.74, 6) is 1.08. The van der Waals surface area contributed by atoms with Gasteiger partial charge in [-0.1, -0.05) is 29.8 Å². The topological polar surface area (TPSA) is 17.8 Å². The van der Waals surface area contributed by atoms with Crippen LogP contribution >= 0.6 is 0 Å². The van der Waals surface area contributed by atoms with Crippen molar-refractivity contribution in [3.63, 3.8) is 0 Å². The zero-order chi connectivity index (χ0) is 10.8. The Labute approximate surface area is 90.6 Å². The third-order valence-electron chi connectivity index (χ3n) is 2.57. The van der Waals surface area contributed by atoms with E-state index >= 15 is 0 Å². The van der Waals surface area contributed by atoms with Gasteiger partial charge >= 0.3 is 0 Å². The quantitative estimate of drug-likeness (QED) is 0.729. The van der Waals surface area contributed by atoms with Crippen LogP contribution in [0.2, 0.25) is 0 Å². The third kappa shape index (κ3) is 2.27. The Bertz CT molecular complexity index is 452. The third-order valence-corrected chi connectivity index (χ3v) is 2.57. The van der Waals surface area contributed by atoms with Crippen molar-refractivity contribution in [3.8, 4) is 0 Å². The second-order valence-electron chi connectivity index (χ2n) is 4.04. The van der Waals surface area contributed by atoms with Gasteiger partial charge < -0.3 is 4.57 Å². The normalized spacial score (nSPS) is 10.6. The second-order valence-corrected chi connectivity index (χ2v) is 4.04. The lowest BCUT2D eigenvalue weighted by molar-refractivity contribution is 0.761. The van der Waals surface area contributed by atoms with Crippen LogP contribution in [0.1, 0.15) is 22.6 Å². The van der Waals surface area contributed by atoms with E-state index in [1.54, 1.807) is 0 Å². The molecule has 0 spiro atoms. The van der Waals surface area contributed by atoms with Crippen LogP contribution in [0.4, 0.5) is 0 Å². The molecule has 15 heavy (non-hydrogen) atoms. The van der Waals surface area contributed by atoms with Gasteiger partial charge in [0.25, 0.3) is 0 Å². The second kappa shape index (κ2) is 3.89. The van der Waals surface area contributed by atoms with Crippen molar-refractivity contribution in [1.82, 2.24) is 9.55 Å². The number of imidazole rings is 1. The highest BCUT2D eigenvalue weighted by molar-refractivity contribution is 5.22. The molecule has 2 rings (SSSR count). The molecule has 0 amide bonds. The van der Waals surface area contributed by atoms with Gasteiger partial charge in [0.15, 0.2) is 0 Å². The molecule has 0 aliphatic heterocycles. The van der Waals surface area contributed by atoms with Gasteiger partial charge in [0.1, 0.15) is 5.82 Å². The largest absolute Gasteiger partial charge is 0.330 e. The summed E-state index contributed by atoms with van der Waals surface area (Å²) in [6, 6.07) is 8.64. The van der Waals surface area contributed by atoms with Gasteiger partial charge in [-0.15, -0.1) is 0 Å². The first-order valence-corrected chi connectivity index (χ1v) is 5.21. The van der Waals surface area contributed by atoms with E-state index in [0.29, 0.717) is 0 Å². The number of benzene rings is 1. The van der Waals surface area contributed by atoms with Crippen LogP contribution in [-0.2, 0) is 6.54 Å². The molecule has 0 N–H and O–H groups in total. The van der Waals surface area contributed by atoms with E-state index < -0.39 is 0 Å². The predicted octanol–water partition coefficient (Wildman–Crippen LogP) is 2.86. The Morgan fingerprint density at radius 2 is 1.73 bits per heavy atom. The lowest BCUT2D eigenvalue weighted by atomic mass is 10.1. The lowest BCUT2D eigenvalue weighted by Crippen LogP contribution is -2.00. The van der Waals surface area contributed by atoms with Crippen molar-refractivity contribution >= 4 is 0 Å². The number of hydrogen-bond acceptors (Lipinski definition) is 1. The van der Waals surface area contributed by atoms with Gasteiger partial charge in [0.05, 0.1) is 5.69 Å². The molecule has 0 saturated carbocycles. The fraction of sp³-hybridized carbons (Fsp3) is 0.308. The van der Waals surface area contributed by atoms with Crippen molar-refractivity contribution in [2.75, 3.05) is 0 Å². The fourth-order valence-electron chi connectivity index (χ4n) is 1.72. The number of nitrogens with zero attached hydrogens (tertiary/aromatic N) is 2. The highest BCUT2D eigenvalue weighted by Gasteiger charge is 2.00. The fourth-order valence-corrected chi connectivity index (χ4v) is 1.72. The van der Waals surface area contributed by atoms with Crippen LogP contribution in [-0.4, -0.2) is 9.55 Å². The molecule has 0 saturated heterocycles. The van der Waals surface area contributed by atoms with Crippen molar-refractivity contribution in [3.05, 3.63) is 53.1 Å². The average Bonchev–Trinajstić information content (AvgIpc) is 2.49. The molecule has 0 radical (unpaired) electrons. The van der Waals surface area contributed by atoms with Crippen molar-refractivity contribution < 1.29 is 0 Å². The number of hydrogen-bond donors (Lipinski definition) is 0. The van der Waals surface area contributed by atoms with Gasteiger partial charge in [-0.05, 0) is 26.3 Å². The summed E-state index contributed by atoms with van der Waals surface area (Å²) in [5.41, 5.74) is 3.71. The Morgan fingerprint density at radius 1 is 1.07 bits per heavy atom. The van der Waals surface area contributed by atoms with Crippen LogP contribution in [0.15, 0.2) is 30.5 Å². The summed E-state index contributed by atoms with van der Waals surface area (Å²) >= 11 is 0. The Balaban J connectivity index is 2.21. The van der Waals surface area contributed by atoms with E-state index in [2.05, 4.69) is 46.9 Å². The van der Waals surface area contributed by atoms with E-state index in [1.807, 2.05) is 13.8 Å². The first-order chi connectivity index (χ1) is 7.15. The molecule has 1 heterocycles. The standard InChI is InChI=1S/C13H16N2/c1-10-4-6-13(7-5-10)9-15-8-11(2)14-12(15)3/h4-8H,9H2,1-3H3.